The zero-order valence-corrected chi connectivity index (χ0v) is 5.53. The molecule has 1 aliphatic rings. The summed E-state index contributed by atoms with van der Waals surface area (Å²) in [5.74, 6) is 0.255. The predicted molar refractivity (Wildman–Crippen MR) is 35.1 cm³/mol. The highest BCUT2D eigenvalue weighted by molar-refractivity contribution is 4.88. The molecule has 10 heavy (non-hydrogen) atoms. The van der Waals surface area contributed by atoms with Gasteiger partial charge in [-0.3, -0.25) is 10.1 Å². The molecular formula is C6H9NO3. The molecule has 0 amide bonds. The molecule has 0 saturated carbocycles. The Labute approximate surface area is 58.6 Å². The normalized spacial score (nSPS) is 22.6. The maximum atomic E-state index is 9.90. The highest BCUT2D eigenvalue weighted by Gasteiger charge is 2.12. The van der Waals surface area contributed by atoms with Crippen LogP contribution in [0.2, 0.25) is 0 Å². The van der Waals surface area contributed by atoms with Crippen molar-refractivity contribution >= 4 is 0 Å². The third-order valence-corrected chi connectivity index (χ3v) is 1.44. The van der Waals surface area contributed by atoms with Gasteiger partial charge in [-0.1, -0.05) is 0 Å². The highest BCUT2D eigenvalue weighted by Crippen LogP contribution is 2.11. The van der Waals surface area contributed by atoms with Gasteiger partial charge in [0.1, 0.15) is 0 Å². The monoisotopic (exact) mass is 143 g/mol. The van der Waals surface area contributed by atoms with Crippen molar-refractivity contribution in [2.45, 2.75) is 6.42 Å². The zero-order chi connectivity index (χ0) is 7.40. The van der Waals surface area contributed by atoms with E-state index in [0.29, 0.717) is 13.0 Å². The van der Waals surface area contributed by atoms with Gasteiger partial charge in [-0.25, -0.2) is 0 Å². The van der Waals surface area contributed by atoms with Gasteiger partial charge < -0.3 is 4.74 Å². The fraction of sp³-hybridized carbons (Fsp3) is 0.667. The molecular weight excluding hydrogens is 134 g/mol. The van der Waals surface area contributed by atoms with E-state index in [1.54, 1.807) is 6.26 Å². The van der Waals surface area contributed by atoms with Crippen LogP contribution in [-0.4, -0.2) is 18.1 Å². The lowest BCUT2D eigenvalue weighted by molar-refractivity contribution is -0.481. The van der Waals surface area contributed by atoms with Crippen LogP contribution in [0.3, 0.4) is 0 Å². The second kappa shape index (κ2) is 3.20. The maximum absolute atomic E-state index is 9.90. The minimum atomic E-state index is -0.299. The molecule has 56 valence electrons. The van der Waals surface area contributed by atoms with E-state index in [-0.39, 0.29) is 17.4 Å². The fourth-order valence-electron chi connectivity index (χ4n) is 0.852. The van der Waals surface area contributed by atoms with Gasteiger partial charge in [-0.15, -0.1) is 0 Å². The van der Waals surface area contributed by atoms with Gasteiger partial charge in [0.15, 0.2) is 0 Å². The number of hydrogen-bond acceptors (Lipinski definition) is 3. The molecule has 4 nitrogen and oxygen atoms in total. The fourth-order valence-corrected chi connectivity index (χ4v) is 0.852. The van der Waals surface area contributed by atoms with Gasteiger partial charge >= 0.3 is 0 Å². The lowest BCUT2D eigenvalue weighted by Crippen LogP contribution is -2.08. The number of hydrogen-bond donors (Lipinski definition) is 0. The molecule has 1 unspecified atom stereocenters. The molecule has 0 radical (unpaired) electrons. The van der Waals surface area contributed by atoms with Gasteiger partial charge in [-0.05, 0) is 6.08 Å². The van der Waals surface area contributed by atoms with Crippen LogP contribution in [0, 0.1) is 16.0 Å². The van der Waals surface area contributed by atoms with Crippen LogP contribution < -0.4 is 0 Å². The van der Waals surface area contributed by atoms with Gasteiger partial charge in [0.05, 0.1) is 12.9 Å². The molecule has 1 aliphatic heterocycles. The summed E-state index contributed by atoms with van der Waals surface area (Å²) >= 11 is 0. The summed E-state index contributed by atoms with van der Waals surface area (Å²) in [5, 5.41) is 9.90. The van der Waals surface area contributed by atoms with Crippen molar-refractivity contribution in [1.29, 1.82) is 0 Å². The number of nitrogens with zero attached hydrogens (tertiary/aromatic N) is 1. The van der Waals surface area contributed by atoms with Gasteiger partial charge in [0.25, 0.3) is 0 Å². The second-order valence-corrected chi connectivity index (χ2v) is 2.27. The predicted octanol–water partition coefficient (Wildman–Crippen LogP) is 0.813. The van der Waals surface area contributed by atoms with Crippen molar-refractivity contribution in [3.05, 3.63) is 22.5 Å². The first-order valence-electron chi connectivity index (χ1n) is 3.19. The van der Waals surface area contributed by atoms with Gasteiger partial charge in [-0.2, -0.15) is 0 Å². The quantitative estimate of drug-likeness (QED) is 0.434. The SMILES string of the molecule is O=[N+]([O-])CCC1C=COC1. The molecule has 0 spiro atoms. The number of nitro groups is 1. The molecule has 0 fully saturated rings. The topological polar surface area (TPSA) is 52.4 Å². The van der Waals surface area contributed by atoms with E-state index in [0.717, 1.165) is 0 Å². The van der Waals surface area contributed by atoms with E-state index in [4.69, 9.17) is 4.74 Å². The van der Waals surface area contributed by atoms with Crippen LogP contribution in [-0.2, 0) is 4.74 Å². The van der Waals surface area contributed by atoms with E-state index in [1.165, 1.54) is 0 Å². The molecule has 0 aliphatic carbocycles. The van der Waals surface area contributed by atoms with E-state index in [9.17, 15) is 10.1 Å². The molecule has 0 aromatic heterocycles. The summed E-state index contributed by atoms with van der Waals surface area (Å²) in [7, 11) is 0. The first-order chi connectivity index (χ1) is 4.79. The Kier molecular flexibility index (Phi) is 2.25. The van der Waals surface area contributed by atoms with E-state index < -0.39 is 0 Å². The number of ether oxygens (including phenoxy) is 1. The van der Waals surface area contributed by atoms with Crippen LogP contribution in [0.5, 0.6) is 0 Å². The maximum Gasteiger partial charge on any atom is 0.204 e. The molecule has 1 atom stereocenters. The van der Waals surface area contributed by atoms with Gasteiger partial charge in [0.2, 0.25) is 6.54 Å². The van der Waals surface area contributed by atoms with Crippen molar-refractivity contribution in [2.75, 3.05) is 13.2 Å². The van der Waals surface area contributed by atoms with E-state index in [2.05, 4.69) is 0 Å². The van der Waals surface area contributed by atoms with Crippen molar-refractivity contribution in [3.8, 4) is 0 Å². The summed E-state index contributed by atoms with van der Waals surface area (Å²) in [6.07, 6.45) is 4.05. The van der Waals surface area contributed by atoms with Crippen molar-refractivity contribution in [1.82, 2.24) is 0 Å². The lowest BCUT2D eigenvalue weighted by atomic mass is 10.1. The minimum absolute atomic E-state index is 0.0400. The minimum Gasteiger partial charge on any atom is -0.501 e. The van der Waals surface area contributed by atoms with E-state index >= 15 is 0 Å². The zero-order valence-electron chi connectivity index (χ0n) is 5.53. The van der Waals surface area contributed by atoms with Crippen LogP contribution >= 0.6 is 0 Å². The average molecular weight is 143 g/mol. The van der Waals surface area contributed by atoms with Crippen LogP contribution in [0.4, 0.5) is 0 Å². The second-order valence-electron chi connectivity index (χ2n) is 2.27. The molecule has 0 bridgehead atoms. The average Bonchev–Trinajstić information content (AvgIpc) is 2.34. The molecule has 4 heteroatoms. The summed E-state index contributed by atoms with van der Waals surface area (Å²) < 4.78 is 4.89. The standard InChI is InChI=1S/C6H9NO3/c8-7(9)3-1-6-2-4-10-5-6/h2,4,6H,1,3,5H2. The molecule has 0 N–H and O–H groups in total. The summed E-state index contributed by atoms with van der Waals surface area (Å²) in [5.41, 5.74) is 0. The van der Waals surface area contributed by atoms with Crippen LogP contribution in [0.25, 0.3) is 0 Å². The summed E-state index contributed by atoms with van der Waals surface area (Å²) in [6, 6.07) is 0. The Morgan fingerprint density at radius 3 is 3.10 bits per heavy atom. The third kappa shape index (κ3) is 2.05. The van der Waals surface area contributed by atoms with Crippen molar-refractivity contribution in [2.24, 2.45) is 5.92 Å². The molecule has 1 heterocycles. The van der Waals surface area contributed by atoms with Crippen molar-refractivity contribution in [3.63, 3.8) is 0 Å². The largest absolute Gasteiger partial charge is 0.501 e. The first-order valence-corrected chi connectivity index (χ1v) is 3.19. The Morgan fingerprint density at radius 2 is 2.60 bits per heavy atom. The van der Waals surface area contributed by atoms with Gasteiger partial charge in [0, 0.05) is 17.3 Å². The van der Waals surface area contributed by atoms with Crippen LogP contribution in [0.1, 0.15) is 6.42 Å². The summed E-state index contributed by atoms with van der Waals surface area (Å²) in [6.45, 7) is 0.645. The number of rotatable bonds is 3. The van der Waals surface area contributed by atoms with E-state index in [1.807, 2.05) is 6.08 Å². The molecule has 0 aromatic carbocycles. The Balaban J connectivity index is 2.13. The van der Waals surface area contributed by atoms with Crippen molar-refractivity contribution < 1.29 is 9.66 Å². The highest BCUT2D eigenvalue weighted by atomic mass is 16.6. The smallest absolute Gasteiger partial charge is 0.204 e. The third-order valence-electron chi connectivity index (χ3n) is 1.44. The Hall–Kier alpha value is -1.06. The van der Waals surface area contributed by atoms with Crippen LogP contribution in [0.15, 0.2) is 12.3 Å². The Bertz CT molecular complexity index is 155. The molecule has 0 aromatic rings. The Morgan fingerprint density at radius 1 is 1.80 bits per heavy atom. The molecule has 1 rings (SSSR count). The lowest BCUT2D eigenvalue weighted by Gasteiger charge is -2.00. The molecule has 0 saturated heterocycles. The summed E-state index contributed by atoms with van der Waals surface area (Å²) in [4.78, 5) is 9.60. The first kappa shape index (κ1) is 7.05.